The number of aliphatic imine (C=N–C) groups is 1. The van der Waals surface area contributed by atoms with Crippen LogP contribution in [0, 0.1) is 0 Å². The van der Waals surface area contributed by atoms with Crippen molar-refractivity contribution in [2.45, 2.75) is 19.9 Å². The molecular weight excluding hydrogens is 226 g/mol. The van der Waals surface area contributed by atoms with Gasteiger partial charge in [0.05, 0.1) is 18.9 Å². The van der Waals surface area contributed by atoms with Crippen molar-refractivity contribution in [3.63, 3.8) is 0 Å². The van der Waals surface area contributed by atoms with Crippen LogP contribution < -0.4 is 4.74 Å². The molecule has 0 fully saturated rings. The van der Waals surface area contributed by atoms with Crippen LogP contribution in [0.5, 0.6) is 5.75 Å². The van der Waals surface area contributed by atoms with E-state index < -0.39 is 0 Å². The lowest BCUT2D eigenvalue weighted by Gasteiger charge is -2.12. The maximum atomic E-state index is 5.35. The third kappa shape index (κ3) is 2.59. The summed E-state index contributed by atoms with van der Waals surface area (Å²) in [5.41, 5.74) is 1.96. The number of rotatable bonds is 4. The third-order valence-corrected chi connectivity index (χ3v) is 2.82. The first-order valence-electron chi connectivity index (χ1n) is 5.89. The predicted octanol–water partition coefficient (Wildman–Crippen LogP) is 2.99. The van der Waals surface area contributed by atoms with Crippen LogP contribution >= 0.6 is 0 Å². The van der Waals surface area contributed by atoms with E-state index >= 15 is 0 Å². The van der Waals surface area contributed by atoms with Gasteiger partial charge in [0, 0.05) is 18.0 Å². The topological polar surface area (TPSA) is 50.3 Å². The highest BCUT2D eigenvalue weighted by Gasteiger charge is 2.10. The van der Waals surface area contributed by atoms with Gasteiger partial charge in [-0.15, -0.1) is 0 Å². The molecule has 0 bridgehead atoms. The highest BCUT2D eigenvalue weighted by Crippen LogP contribution is 2.27. The van der Waals surface area contributed by atoms with Crippen molar-refractivity contribution in [2.24, 2.45) is 4.99 Å². The lowest BCUT2D eigenvalue weighted by molar-refractivity contribution is 0.407. The largest absolute Gasteiger partial charge is 0.496 e. The number of methoxy groups -OCH3 is 1. The summed E-state index contributed by atoms with van der Waals surface area (Å²) in [6.07, 6.45) is 3.52. The van der Waals surface area contributed by atoms with E-state index in [1.165, 1.54) is 0 Å². The maximum absolute atomic E-state index is 5.35. The fourth-order valence-corrected chi connectivity index (χ4v) is 1.90. The standard InChI is InChI=1S/C14H17N3O/c1-10(12-6-4-5-7-13(12)18-3)17-11(2)14-15-8-9-16-14/h4-10H,1-3H3,(H,15,16). The van der Waals surface area contributed by atoms with Crippen LogP contribution in [0.4, 0.5) is 0 Å². The zero-order valence-electron chi connectivity index (χ0n) is 10.8. The first-order valence-corrected chi connectivity index (χ1v) is 5.89. The van der Waals surface area contributed by atoms with Gasteiger partial charge in [0.1, 0.15) is 5.75 Å². The fraction of sp³-hybridized carbons (Fsp3) is 0.286. The number of nitrogens with one attached hydrogen (secondary N) is 1. The van der Waals surface area contributed by atoms with Crippen LogP contribution in [0.25, 0.3) is 0 Å². The molecule has 2 rings (SSSR count). The van der Waals surface area contributed by atoms with Gasteiger partial charge in [-0.3, -0.25) is 4.99 Å². The van der Waals surface area contributed by atoms with Crippen molar-refractivity contribution >= 4 is 5.71 Å². The molecule has 0 radical (unpaired) electrons. The zero-order chi connectivity index (χ0) is 13.0. The Hall–Kier alpha value is -2.10. The van der Waals surface area contributed by atoms with Gasteiger partial charge in [-0.2, -0.15) is 0 Å². The fourth-order valence-electron chi connectivity index (χ4n) is 1.90. The van der Waals surface area contributed by atoms with E-state index in [1.807, 2.05) is 38.1 Å². The molecule has 0 aliphatic rings. The Morgan fingerprint density at radius 1 is 1.39 bits per heavy atom. The Bertz CT molecular complexity index is 532. The molecule has 4 heteroatoms. The third-order valence-electron chi connectivity index (χ3n) is 2.82. The normalized spacial score (nSPS) is 13.4. The van der Waals surface area contributed by atoms with Crippen molar-refractivity contribution in [1.29, 1.82) is 0 Å². The van der Waals surface area contributed by atoms with Gasteiger partial charge in [-0.1, -0.05) is 18.2 Å². The number of para-hydroxylation sites is 1. The first kappa shape index (κ1) is 12.4. The Balaban J connectivity index is 2.26. The minimum atomic E-state index is 0.0336. The Morgan fingerprint density at radius 2 is 2.17 bits per heavy atom. The second-order valence-electron chi connectivity index (χ2n) is 4.07. The summed E-state index contributed by atoms with van der Waals surface area (Å²) in [5.74, 6) is 1.66. The first-order chi connectivity index (χ1) is 8.72. The maximum Gasteiger partial charge on any atom is 0.150 e. The van der Waals surface area contributed by atoms with E-state index in [4.69, 9.17) is 4.74 Å². The molecule has 1 atom stereocenters. The SMILES string of the molecule is COc1ccccc1C(C)N=C(C)c1ncc[nH]1. The van der Waals surface area contributed by atoms with Gasteiger partial charge >= 0.3 is 0 Å². The molecule has 0 spiro atoms. The second-order valence-corrected chi connectivity index (χ2v) is 4.07. The molecule has 18 heavy (non-hydrogen) atoms. The van der Waals surface area contributed by atoms with E-state index in [0.717, 1.165) is 22.8 Å². The minimum absolute atomic E-state index is 0.0336. The van der Waals surface area contributed by atoms with E-state index in [0.29, 0.717) is 0 Å². The molecule has 1 heterocycles. The summed E-state index contributed by atoms with van der Waals surface area (Å²) in [4.78, 5) is 11.9. The number of aromatic nitrogens is 2. The van der Waals surface area contributed by atoms with Crippen molar-refractivity contribution in [3.05, 3.63) is 48.0 Å². The smallest absolute Gasteiger partial charge is 0.150 e. The van der Waals surface area contributed by atoms with Crippen LogP contribution in [0.2, 0.25) is 0 Å². The summed E-state index contributed by atoms with van der Waals surface area (Å²) in [7, 11) is 1.68. The molecule has 94 valence electrons. The van der Waals surface area contributed by atoms with Gasteiger partial charge < -0.3 is 9.72 Å². The summed E-state index contributed by atoms with van der Waals surface area (Å²) in [6, 6.07) is 7.96. The van der Waals surface area contributed by atoms with Crippen molar-refractivity contribution < 1.29 is 4.74 Å². The number of imidazole rings is 1. The number of hydrogen-bond donors (Lipinski definition) is 1. The van der Waals surface area contributed by atoms with E-state index in [9.17, 15) is 0 Å². The van der Waals surface area contributed by atoms with Gasteiger partial charge in [0.25, 0.3) is 0 Å². The molecule has 1 aromatic carbocycles. The molecule has 0 aliphatic carbocycles. The second kappa shape index (κ2) is 5.49. The average molecular weight is 243 g/mol. The molecule has 0 saturated heterocycles. The zero-order valence-corrected chi connectivity index (χ0v) is 10.8. The van der Waals surface area contributed by atoms with E-state index in [2.05, 4.69) is 15.0 Å². The molecule has 1 unspecified atom stereocenters. The highest BCUT2D eigenvalue weighted by atomic mass is 16.5. The number of nitrogens with zero attached hydrogens (tertiary/aromatic N) is 2. The van der Waals surface area contributed by atoms with Gasteiger partial charge in [0.15, 0.2) is 5.82 Å². The molecule has 0 aliphatic heterocycles. The number of aromatic amines is 1. The number of H-pyrrole nitrogens is 1. The quantitative estimate of drug-likeness (QED) is 0.839. The van der Waals surface area contributed by atoms with Crippen LogP contribution in [0.15, 0.2) is 41.7 Å². The number of ether oxygens (including phenoxy) is 1. The lowest BCUT2D eigenvalue weighted by atomic mass is 10.1. The highest BCUT2D eigenvalue weighted by molar-refractivity contribution is 5.95. The summed E-state index contributed by atoms with van der Waals surface area (Å²) in [6.45, 7) is 4.00. The molecule has 2 aromatic rings. The molecule has 4 nitrogen and oxygen atoms in total. The van der Waals surface area contributed by atoms with E-state index in [1.54, 1.807) is 19.5 Å². The molecule has 1 N–H and O–H groups in total. The summed E-state index contributed by atoms with van der Waals surface area (Å²) >= 11 is 0. The van der Waals surface area contributed by atoms with Crippen molar-refractivity contribution in [1.82, 2.24) is 9.97 Å². The Kier molecular flexibility index (Phi) is 3.77. The predicted molar refractivity (Wildman–Crippen MR) is 72.2 cm³/mol. The summed E-state index contributed by atoms with van der Waals surface area (Å²) < 4.78 is 5.35. The van der Waals surface area contributed by atoms with E-state index in [-0.39, 0.29) is 6.04 Å². The average Bonchev–Trinajstić information content (AvgIpc) is 2.92. The van der Waals surface area contributed by atoms with Crippen molar-refractivity contribution in [2.75, 3.05) is 7.11 Å². The monoisotopic (exact) mass is 243 g/mol. The molecular formula is C14H17N3O. The molecule has 1 aromatic heterocycles. The van der Waals surface area contributed by atoms with Crippen LogP contribution in [-0.2, 0) is 0 Å². The van der Waals surface area contributed by atoms with Crippen LogP contribution in [0.3, 0.4) is 0 Å². The Morgan fingerprint density at radius 3 is 2.83 bits per heavy atom. The summed E-state index contributed by atoms with van der Waals surface area (Å²) in [5, 5.41) is 0. The lowest BCUT2D eigenvalue weighted by Crippen LogP contribution is -2.02. The molecule has 0 saturated carbocycles. The minimum Gasteiger partial charge on any atom is -0.496 e. The number of hydrogen-bond acceptors (Lipinski definition) is 3. The molecule has 0 amide bonds. The van der Waals surface area contributed by atoms with Crippen LogP contribution in [-0.4, -0.2) is 22.8 Å². The van der Waals surface area contributed by atoms with Crippen LogP contribution in [0.1, 0.15) is 31.3 Å². The Labute approximate surface area is 107 Å². The van der Waals surface area contributed by atoms with Gasteiger partial charge in [0.2, 0.25) is 0 Å². The van der Waals surface area contributed by atoms with Gasteiger partial charge in [-0.25, -0.2) is 4.98 Å². The van der Waals surface area contributed by atoms with Crippen molar-refractivity contribution in [3.8, 4) is 5.75 Å². The van der Waals surface area contributed by atoms with Gasteiger partial charge in [-0.05, 0) is 19.9 Å². The number of benzene rings is 1.